The Hall–Kier alpha value is -1.67. The first kappa shape index (κ1) is 24.3. The zero-order valence-corrected chi connectivity index (χ0v) is 15.9. The molecule has 0 aliphatic carbocycles. The lowest BCUT2D eigenvalue weighted by Gasteiger charge is -2.37. The van der Waals surface area contributed by atoms with Gasteiger partial charge in [0.2, 0.25) is 5.91 Å². The van der Waals surface area contributed by atoms with E-state index in [-0.39, 0.29) is 30.0 Å². The first-order valence-corrected chi connectivity index (χ1v) is 9.48. The number of hydrogen-bond acceptors (Lipinski definition) is 4. The summed E-state index contributed by atoms with van der Waals surface area (Å²) in [7, 11) is 0. The van der Waals surface area contributed by atoms with Crippen molar-refractivity contribution >= 4 is 17.8 Å². The molecule has 0 aromatic heterocycles. The maximum absolute atomic E-state index is 11.9. The molecule has 152 valence electrons. The minimum Gasteiger partial charge on any atom is -0.850 e. The fourth-order valence-electron chi connectivity index (χ4n) is 3.01. The molecule has 0 aromatic rings. The summed E-state index contributed by atoms with van der Waals surface area (Å²) in [6.07, 6.45) is 8.22. The zero-order chi connectivity index (χ0) is 19.8. The number of unbranched alkanes of at least 4 members (excludes halogenated alkanes) is 6. The van der Waals surface area contributed by atoms with E-state index in [1.807, 2.05) is 0 Å². The highest BCUT2D eigenvalue weighted by Gasteiger charge is 2.31. The summed E-state index contributed by atoms with van der Waals surface area (Å²) in [6, 6.07) is 0. The van der Waals surface area contributed by atoms with Crippen molar-refractivity contribution in [2.75, 3.05) is 39.3 Å². The van der Waals surface area contributed by atoms with Gasteiger partial charge in [0.25, 0.3) is 0 Å². The highest BCUT2D eigenvalue weighted by molar-refractivity contribution is 5.75. The van der Waals surface area contributed by atoms with Crippen LogP contribution in [0.5, 0.6) is 0 Å². The van der Waals surface area contributed by atoms with Crippen molar-refractivity contribution in [1.29, 1.82) is 0 Å². The minimum atomic E-state index is -1.16. The number of carboxylic acid groups (broad SMARTS) is 2. The van der Waals surface area contributed by atoms with Crippen LogP contribution in [0.4, 0.5) is 0 Å². The van der Waals surface area contributed by atoms with Gasteiger partial charge in [-0.15, -0.1) is 0 Å². The van der Waals surface area contributed by atoms with Gasteiger partial charge < -0.3 is 25.1 Å². The molecule has 0 atom stereocenters. The first-order valence-electron chi connectivity index (χ1n) is 9.48. The monoisotopic (exact) mass is 374 g/mol. The van der Waals surface area contributed by atoms with Gasteiger partial charge in [0, 0.05) is 6.42 Å². The molecule has 0 spiro atoms. The molecule has 1 amide bonds. The van der Waals surface area contributed by atoms with E-state index in [4.69, 9.17) is 10.2 Å². The van der Waals surface area contributed by atoms with Crippen molar-refractivity contribution < 1.29 is 34.2 Å². The topological polar surface area (TPSA) is 127 Å². The third-order valence-electron chi connectivity index (χ3n) is 4.42. The summed E-state index contributed by atoms with van der Waals surface area (Å²) in [5.41, 5.74) is 0. The number of carbonyl (C=O) groups excluding carboxylic acids is 1. The van der Waals surface area contributed by atoms with E-state index in [1.54, 1.807) is 0 Å². The molecule has 0 aliphatic rings. The quantitative estimate of drug-likeness (QED) is 0.253. The fourth-order valence-corrected chi connectivity index (χ4v) is 3.01. The van der Waals surface area contributed by atoms with Gasteiger partial charge >= 0.3 is 11.9 Å². The van der Waals surface area contributed by atoms with E-state index in [2.05, 4.69) is 12.2 Å². The molecule has 8 nitrogen and oxygen atoms in total. The molecule has 0 radical (unpaired) electrons. The van der Waals surface area contributed by atoms with Crippen LogP contribution in [0.1, 0.15) is 58.3 Å². The van der Waals surface area contributed by atoms with Crippen molar-refractivity contribution in [1.82, 2.24) is 5.32 Å². The maximum atomic E-state index is 11.9. The molecule has 26 heavy (non-hydrogen) atoms. The number of carbonyl (C=O) groups is 3. The molecular formula is C18H34N2O6. The molecule has 0 heterocycles. The molecule has 0 bridgehead atoms. The van der Waals surface area contributed by atoms with E-state index in [9.17, 15) is 19.5 Å². The van der Waals surface area contributed by atoms with Crippen LogP contribution < -0.4 is 10.4 Å². The van der Waals surface area contributed by atoms with Gasteiger partial charge in [0.1, 0.15) is 0 Å². The van der Waals surface area contributed by atoms with Gasteiger partial charge in [0.15, 0.2) is 13.1 Å². The lowest BCUT2D eigenvalue weighted by Crippen LogP contribution is -2.59. The molecule has 0 fully saturated rings. The predicted octanol–water partition coefficient (Wildman–Crippen LogP) is 0.590. The second-order valence-electron chi connectivity index (χ2n) is 6.82. The van der Waals surface area contributed by atoms with E-state index < -0.39 is 31.6 Å². The SMILES string of the molecule is CCCCCCCCCC(=O)NCC[N+](CC[O-])(CC(=O)O)CC(=O)O. The average Bonchev–Trinajstić information content (AvgIpc) is 2.53. The number of rotatable bonds is 17. The van der Waals surface area contributed by atoms with Crippen molar-refractivity contribution in [3.63, 3.8) is 0 Å². The summed E-state index contributed by atoms with van der Waals surface area (Å²) in [6.45, 7) is 0.907. The largest absolute Gasteiger partial charge is 0.850 e. The standard InChI is InChI=1S/C18H34N2O6/c1-2-3-4-5-6-7-8-9-16(22)19-10-11-20(12-13-21,14-17(23)24)15-18(25)26/h2-15H2,1H3,(H,19,22)(H,23,24)(H,25,26). The van der Waals surface area contributed by atoms with Gasteiger partial charge in [0.05, 0.1) is 19.6 Å². The Morgan fingerprint density at radius 1 is 0.885 bits per heavy atom. The molecular weight excluding hydrogens is 340 g/mol. The highest BCUT2D eigenvalue weighted by Crippen LogP contribution is 2.09. The molecule has 3 N–H and O–H groups in total. The molecule has 0 unspecified atom stereocenters. The predicted molar refractivity (Wildman–Crippen MR) is 95.5 cm³/mol. The summed E-state index contributed by atoms with van der Waals surface area (Å²) in [5, 5.41) is 31.7. The third-order valence-corrected chi connectivity index (χ3v) is 4.42. The van der Waals surface area contributed by atoms with Crippen LogP contribution in [-0.4, -0.2) is 71.9 Å². The average molecular weight is 374 g/mol. The second kappa shape index (κ2) is 14.5. The number of nitrogens with one attached hydrogen (secondary N) is 1. The van der Waals surface area contributed by atoms with Crippen LogP contribution in [0.2, 0.25) is 0 Å². The number of hydrogen-bond donors (Lipinski definition) is 3. The maximum Gasteiger partial charge on any atom is 0.359 e. The van der Waals surface area contributed by atoms with E-state index >= 15 is 0 Å². The van der Waals surface area contributed by atoms with Gasteiger partial charge in [-0.1, -0.05) is 52.1 Å². The highest BCUT2D eigenvalue weighted by atomic mass is 16.4. The third kappa shape index (κ3) is 12.7. The number of amides is 1. The summed E-state index contributed by atoms with van der Waals surface area (Å²) in [4.78, 5) is 33.9. The van der Waals surface area contributed by atoms with Crippen LogP contribution in [0.15, 0.2) is 0 Å². The van der Waals surface area contributed by atoms with Crippen LogP contribution in [0.3, 0.4) is 0 Å². The Bertz CT molecular complexity index is 412. The number of carboxylic acids is 2. The number of quaternary nitrogens is 1. The van der Waals surface area contributed by atoms with Crippen LogP contribution in [-0.2, 0) is 14.4 Å². The van der Waals surface area contributed by atoms with Gasteiger partial charge in [-0.25, -0.2) is 9.59 Å². The van der Waals surface area contributed by atoms with Crippen LogP contribution >= 0.6 is 0 Å². The number of nitrogens with zero attached hydrogens (tertiary/aromatic N) is 1. The molecule has 0 aliphatic heterocycles. The Balaban J connectivity index is 4.20. The van der Waals surface area contributed by atoms with Gasteiger partial charge in [-0.05, 0) is 6.42 Å². The van der Waals surface area contributed by atoms with Crippen molar-refractivity contribution in [3.05, 3.63) is 0 Å². The number of aliphatic carboxylic acids is 2. The zero-order valence-electron chi connectivity index (χ0n) is 15.9. The van der Waals surface area contributed by atoms with E-state index in [1.165, 1.54) is 25.7 Å². The Morgan fingerprint density at radius 3 is 1.92 bits per heavy atom. The minimum absolute atomic E-state index is 0.0910. The van der Waals surface area contributed by atoms with Crippen molar-refractivity contribution in [3.8, 4) is 0 Å². The normalized spacial score (nSPS) is 11.3. The lowest BCUT2D eigenvalue weighted by molar-refractivity contribution is -0.917. The van der Waals surface area contributed by atoms with Crippen LogP contribution in [0, 0.1) is 0 Å². The van der Waals surface area contributed by atoms with Gasteiger partial charge in [-0.2, -0.15) is 0 Å². The summed E-state index contributed by atoms with van der Waals surface area (Å²) < 4.78 is -0.355. The van der Waals surface area contributed by atoms with Crippen molar-refractivity contribution in [2.24, 2.45) is 0 Å². The fraction of sp³-hybridized carbons (Fsp3) is 0.833. The molecule has 0 saturated heterocycles. The molecule has 0 aromatic carbocycles. The Kier molecular flexibility index (Phi) is 13.6. The van der Waals surface area contributed by atoms with Crippen LogP contribution in [0.25, 0.3) is 0 Å². The smallest absolute Gasteiger partial charge is 0.359 e. The molecule has 0 rings (SSSR count). The second-order valence-corrected chi connectivity index (χ2v) is 6.82. The summed E-state index contributed by atoms with van der Waals surface area (Å²) >= 11 is 0. The van der Waals surface area contributed by atoms with Gasteiger partial charge in [-0.3, -0.25) is 4.79 Å². The van der Waals surface area contributed by atoms with E-state index in [0.717, 1.165) is 19.3 Å². The first-order chi connectivity index (χ1) is 12.3. The lowest BCUT2D eigenvalue weighted by atomic mass is 10.1. The van der Waals surface area contributed by atoms with Crippen molar-refractivity contribution in [2.45, 2.75) is 58.3 Å². The molecule has 0 saturated carbocycles. The Labute approximate surface area is 155 Å². The van der Waals surface area contributed by atoms with E-state index in [0.29, 0.717) is 6.42 Å². The summed E-state index contributed by atoms with van der Waals surface area (Å²) in [5.74, 6) is -2.44. The Morgan fingerprint density at radius 2 is 1.42 bits per heavy atom. The molecule has 8 heteroatoms.